The van der Waals surface area contributed by atoms with E-state index in [0.717, 1.165) is 49.9 Å². The van der Waals surface area contributed by atoms with Crippen LogP contribution in [-0.2, 0) is 16.1 Å². The smallest absolute Gasteiger partial charge is 0.305 e. The average molecular weight is 489 g/mol. The fourth-order valence-electron chi connectivity index (χ4n) is 4.17. The van der Waals surface area contributed by atoms with Crippen LogP contribution in [0.15, 0.2) is 9.70 Å². The first kappa shape index (κ1) is 25.0. The van der Waals surface area contributed by atoms with Crippen LogP contribution >= 0.6 is 24.0 Å². The van der Waals surface area contributed by atoms with Crippen LogP contribution in [0.1, 0.15) is 56.2 Å². The van der Waals surface area contributed by atoms with Gasteiger partial charge < -0.3 is 10.0 Å². The standard InChI is InChI=1S/C23H28N4O4S2/c1-4-8-26-20(25-9-5-14(2)6-10-25)16(15(3)17(13-24)21(26)30)12-18-22(31)27(23(32)33-18)11-7-19(28)29/h12,14H,4-11H2,1-3H3,(H,28,29)/b18-12-. The van der Waals surface area contributed by atoms with Crippen molar-refractivity contribution in [1.82, 2.24) is 9.47 Å². The number of anilines is 1. The predicted molar refractivity (Wildman–Crippen MR) is 133 cm³/mol. The number of nitriles is 1. The maximum Gasteiger partial charge on any atom is 0.305 e. The highest BCUT2D eigenvalue weighted by Gasteiger charge is 2.33. The number of hydrogen-bond donors (Lipinski definition) is 1. The largest absolute Gasteiger partial charge is 0.481 e. The summed E-state index contributed by atoms with van der Waals surface area (Å²) in [5.41, 5.74) is 0.981. The van der Waals surface area contributed by atoms with E-state index in [4.69, 9.17) is 17.3 Å². The fourth-order valence-corrected chi connectivity index (χ4v) is 5.46. The van der Waals surface area contributed by atoms with Gasteiger partial charge in [0.2, 0.25) is 0 Å². The summed E-state index contributed by atoms with van der Waals surface area (Å²) in [6, 6.07) is 2.05. The third kappa shape index (κ3) is 5.14. The molecule has 0 radical (unpaired) electrons. The number of nitrogens with zero attached hydrogens (tertiary/aromatic N) is 4. The Morgan fingerprint density at radius 2 is 1.97 bits per heavy atom. The molecule has 3 heterocycles. The maximum absolute atomic E-state index is 13.2. The summed E-state index contributed by atoms with van der Waals surface area (Å²) in [6.45, 7) is 7.98. The molecule has 176 valence electrons. The summed E-state index contributed by atoms with van der Waals surface area (Å²) in [5, 5.41) is 18.7. The summed E-state index contributed by atoms with van der Waals surface area (Å²) in [6.07, 6.45) is 4.24. The van der Waals surface area contributed by atoms with Gasteiger partial charge in [-0.15, -0.1) is 0 Å². The second-order valence-corrected chi connectivity index (χ2v) is 10.1. The Morgan fingerprint density at radius 1 is 1.30 bits per heavy atom. The number of rotatable bonds is 7. The van der Waals surface area contributed by atoms with Crippen molar-refractivity contribution in [3.05, 3.63) is 31.9 Å². The average Bonchev–Trinajstić information content (AvgIpc) is 3.03. The van der Waals surface area contributed by atoms with E-state index in [0.29, 0.717) is 32.8 Å². The summed E-state index contributed by atoms with van der Waals surface area (Å²) in [4.78, 5) is 41.0. The molecule has 1 amide bonds. The number of amides is 1. The minimum Gasteiger partial charge on any atom is -0.481 e. The highest BCUT2D eigenvalue weighted by Crippen LogP contribution is 2.36. The van der Waals surface area contributed by atoms with Gasteiger partial charge in [-0.2, -0.15) is 5.26 Å². The Labute approximate surface area is 202 Å². The van der Waals surface area contributed by atoms with Crippen LogP contribution in [0.4, 0.5) is 5.82 Å². The van der Waals surface area contributed by atoms with Crippen LogP contribution in [0, 0.1) is 24.2 Å². The number of carboxylic acid groups (broad SMARTS) is 1. The molecule has 0 aliphatic carbocycles. The molecule has 2 fully saturated rings. The fraction of sp³-hybridized carbons (Fsp3) is 0.522. The van der Waals surface area contributed by atoms with Gasteiger partial charge in [0.1, 0.15) is 21.8 Å². The first-order chi connectivity index (χ1) is 15.7. The van der Waals surface area contributed by atoms with E-state index in [2.05, 4.69) is 17.9 Å². The Kier molecular flexibility index (Phi) is 7.97. The number of piperidine rings is 1. The lowest BCUT2D eigenvalue weighted by molar-refractivity contribution is -0.137. The van der Waals surface area contributed by atoms with Crippen LogP contribution < -0.4 is 10.5 Å². The van der Waals surface area contributed by atoms with Crippen molar-refractivity contribution in [2.75, 3.05) is 24.5 Å². The highest BCUT2D eigenvalue weighted by molar-refractivity contribution is 8.26. The zero-order valence-electron chi connectivity index (χ0n) is 19.1. The molecule has 0 saturated carbocycles. The molecule has 0 spiro atoms. The van der Waals surface area contributed by atoms with Gasteiger partial charge in [-0.25, -0.2) is 0 Å². The maximum atomic E-state index is 13.2. The van der Waals surface area contributed by atoms with Gasteiger partial charge >= 0.3 is 5.97 Å². The van der Waals surface area contributed by atoms with Gasteiger partial charge in [0.05, 0.1) is 11.3 Å². The molecule has 33 heavy (non-hydrogen) atoms. The van der Waals surface area contributed by atoms with Crippen molar-refractivity contribution in [3.8, 4) is 6.07 Å². The van der Waals surface area contributed by atoms with Crippen molar-refractivity contribution in [2.24, 2.45) is 5.92 Å². The predicted octanol–water partition coefficient (Wildman–Crippen LogP) is 3.35. The number of pyridine rings is 1. The molecular weight excluding hydrogens is 460 g/mol. The number of carbonyl (C=O) groups excluding carboxylic acids is 1. The molecule has 0 aromatic carbocycles. The minimum atomic E-state index is -1.00. The summed E-state index contributed by atoms with van der Waals surface area (Å²) >= 11 is 6.44. The van der Waals surface area contributed by atoms with Gasteiger partial charge in [-0.05, 0) is 43.7 Å². The van der Waals surface area contributed by atoms with Crippen molar-refractivity contribution >= 4 is 52.1 Å². The molecule has 1 aromatic rings. The first-order valence-corrected chi connectivity index (χ1v) is 12.3. The molecular formula is C23H28N4O4S2. The van der Waals surface area contributed by atoms with Crippen molar-refractivity contribution in [3.63, 3.8) is 0 Å². The summed E-state index contributed by atoms with van der Waals surface area (Å²) < 4.78 is 1.97. The summed E-state index contributed by atoms with van der Waals surface area (Å²) in [7, 11) is 0. The number of aromatic nitrogens is 1. The van der Waals surface area contributed by atoms with Crippen molar-refractivity contribution in [1.29, 1.82) is 5.26 Å². The van der Waals surface area contributed by atoms with E-state index in [-0.39, 0.29) is 30.0 Å². The SMILES string of the molecule is CCCn1c(N2CCC(C)CC2)c(/C=C2\SC(=S)N(CCC(=O)O)C2=O)c(C)c(C#N)c1=O. The zero-order valence-corrected chi connectivity index (χ0v) is 20.7. The van der Waals surface area contributed by atoms with Gasteiger partial charge in [-0.3, -0.25) is 23.9 Å². The van der Waals surface area contributed by atoms with E-state index in [1.807, 2.05) is 6.92 Å². The molecule has 1 aromatic heterocycles. The van der Waals surface area contributed by atoms with Crippen molar-refractivity contribution in [2.45, 2.75) is 53.0 Å². The second kappa shape index (κ2) is 10.5. The van der Waals surface area contributed by atoms with Crippen LogP contribution in [0.25, 0.3) is 6.08 Å². The first-order valence-electron chi connectivity index (χ1n) is 11.1. The Morgan fingerprint density at radius 3 is 2.55 bits per heavy atom. The topological polar surface area (TPSA) is 107 Å². The lowest BCUT2D eigenvalue weighted by Crippen LogP contribution is -2.39. The van der Waals surface area contributed by atoms with E-state index in [9.17, 15) is 19.6 Å². The van der Waals surface area contributed by atoms with Crippen LogP contribution in [0.5, 0.6) is 0 Å². The molecule has 0 atom stereocenters. The Balaban J connectivity index is 2.16. The van der Waals surface area contributed by atoms with Crippen LogP contribution in [0.2, 0.25) is 0 Å². The van der Waals surface area contributed by atoms with Crippen LogP contribution in [-0.4, -0.2) is 50.4 Å². The third-order valence-electron chi connectivity index (χ3n) is 6.08. The second-order valence-electron chi connectivity index (χ2n) is 8.45. The molecule has 2 saturated heterocycles. The monoisotopic (exact) mass is 488 g/mol. The number of thioether (sulfide) groups is 1. The van der Waals surface area contributed by atoms with E-state index >= 15 is 0 Å². The minimum absolute atomic E-state index is 0.00592. The summed E-state index contributed by atoms with van der Waals surface area (Å²) in [5.74, 6) is -0.0199. The molecule has 2 aliphatic heterocycles. The number of aliphatic carboxylic acids is 1. The van der Waals surface area contributed by atoms with Gasteiger partial charge in [0.25, 0.3) is 11.5 Å². The number of carboxylic acids is 1. The number of carbonyl (C=O) groups is 2. The quantitative estimate of drug-likeness (QED) is 0.460. The normalized spacial score (nSPS) is 18.3. The van der Waals surface area contributed by atoms with E-state index in [1.165, 1.54) is 4.90 Å². The highest BCUT2D eigenvalue weighted by atomic mass is 32.2. The molecule has 1 N–H and O–H groups in total. The zero-order chi connectivity index (χ0) is 24.3. The molecule has 8 nitrogen and oxygen atoms in total. The van der Waals surface area contributed by atoms with Gasteiger partial charge in [-0.1, -0.05) is 37.8 Å². The number of hydrogen-bond acceptors (Lipinski definition) is 7. The number of thiocarbonyl (C=S) groups is 1. The lowest BCUT2D eigenvalue weighted by Gasteiger charge is -2.35. The molecule has 2 aliphatic rings. The Bertz CT molecular complexity index is 1110. The third-order valence-corrected chi connectivity index (χ3v) is 7.45. The Hall–Kier alpha value is -2.64. The van der Waals surface area contributed by atoms with Crippen LogP contribution in [0.3, 0.4) is 0 Å². The van der Waals surface area contributed by atoms with Crippen molar-refractivity contribution < 1.29 is 14.7 Å². The molecule has 0 unspecified atom stereocenters. The molecule has 0 bridgehead atoms. The molecule has 10 heteroatoms. The van der Waals surface area contributed by atoms with E-state index < -0.39 is 5.97 Å². The van der Waals surface area contributed by atoms with E-state index in [1.54, 1.807) is 17.6 Å². The molecule has 3 rings (SSSR count). The van der Waals surface area contributed by atoms with Gasteiger partial charge in [0.15, 0.2) is 0 Å². The lowest BCUT2D eigenvalue weighted by atomic mass is 9.97. The van der Waals surface area contributed by atoms with Gasteiger partial charge in [0, 0.05) is 31.7 Å².